The summed E-state index contributed by atoms with van der Waals surface area (Å²) in [5, 5.41) is 3.99. The van der Waals surface area contributed by atoms with E-state index < -0.39 is 5.92 Å². The van der Waals surface area contributed by atoms with Gasteiger partial charge in [-0.15, -0.1) is 0 Å². The van der Waals surface area contributed by atoms with Crippen molar-refractivity contribution in [1.29, 1.82) is 0 Å². The molecule has 0 radical (unpaired) electrons. The van der Waals surface area contributed by atoms with Crippen molar-refractivity contribution < 1.29 is 19.1 Å². The van der Waals surface area contributed by atoms with Crippen LogP contribution in [0.3, 0.4) is 0 Å². The highest BCUT2D eigenvalue weighted by Crippen LogP contribution is 2.47. The number of carbonyl (C=O) groups is 2. The summed E-state index contributed by atoms with van der Waals surface area (Å²) in [6.07, 6.45) is 4.87. The molecular formula is C29H30ClNO4. The van der Waals surface area contributed by atoms with Gasteiger partial charge in [0.05, 0.1) is 12.7 Å². The number of ketones is 1. The van der Waals surface area contributed by atoms with E-state index >= 15 is 0 Å². The van der Waals surface area contributed by atoms with E-state index in [-0.39, 0.29) is 23.8 Å². The zero-order valence-electron chi connectivity index (χ0n) is 20.1. The minimum Gasteiger partial charge on any atom is -0.496 e. The van der Waals surface area contributed by atoms with Crippen LogP contribution in [-0.4, -0.2) is 25.0 Å². The number of halogens is 1. The number of dihydropyridines is 1. The van der Waals surface area contributed by atoms with E-state index in [1.807, 2.05) is 49.4 Å². The molecule has 2 aliphatic carbocycles. The van der Waals surface area contributed by atoms with Crippen LogP contribution in [0.1, 0.15) is 68.4 Å². The van der Waals surface area contributed by atoms with Crippen molar-refractivity contribution in [3.63, 3.8) is 0 Å². The molecule has 6 heteroatoms. The average molecular weight is 492 g/mol. The van der Waals surface area contributed by atoms with Gasteiger partial charge in [-0.3, -0.25) is 4.79 Å². The van der Waals surface area contributed by atoms with Crippen LogP contribution in [-0.2, 0) is 14.3 Å². The number of hydrogen-bond acceptors (Lipinski definition) is 5. The zero-order chi connectivity index (χ0) is 24.5. The molecule has 0 amide bonds. The predicted molar refractivity (Wildman–Crippen MR) is 135 cm³/mol. The van der Waals surface area contributed by atoms with Crippen molar-refractivity contribution in [3.8, 4) is 5.75 Å². The molecule has 0 aromatic heterocycles. The topological polar surface area (TPSA) is 64.6 Å². The van der Waals surface area contributed by atoms with Crippen LogP contribution in [0, 0.1) is 0 Å². The Morgan fingerprint density at radius 1 is 1.06 bits per heavy atom. The second kappa shape index (κ2) is 9.90. The number of rotatable bonds is 5. The highest BCUT2D eigenvalue weighted by atomic mass is 35.5. The molecule has 0 unspecified atom stereocenters. The summed E-state index contributed by atoms with van der Waals surface area (Å²) < 4.78 is 11.5. The standard InChI is InChI=1S/C29H30ClNO4/c1-17-26(29(33)35-21-10-3-4-11-21)27(18-8-7-9-20(30)14-18)28-23(31-17)15-19(16-24(28)32)22-12-5-6-13-25(22)34-2/h5-9,12-14,19,21,27,31H,3-4,10-11,15-16H2,1-2H3/t19-,27-/m0/s1. The van der Waals surface area contributed by atoms with Gasteiger partial charge in [0.25, 0.3) is 0 Å². The fraction of sp³-hybridized carbons (Fsp3) is 0.379. The third-order valence-electron chi connectivity index (χ3n) is 7.38. The molecule has 35 heavy (non-hydrogen) atoms. The maximum Gasteiger partial charge on any atom is 0.337 e. The Balaban J connectivity index is 1.55. The molecule has 2 aromatic carbocycles. The first-order valence-electron chi connectivity index (χ1n) is 12.3. The molecule has 0 spiro atoms. The molecule has 0 bridgehead atoms. The normalized spacial score (nSPS) is 22.7. The Morgan fingerprint density at radius 2 is 1.83 bits per heavy atom. The van der Waals surface area contributed by atoms with Gasteiger partial charge in [0, 0.05) is 40.2 Å². The van der Waals surface area contributed by atoms with Gasteiger partial charge in [0.15, 0.2) is 5.78 Å². The number of allylic oxidation sites excluding steroid dienone is 3. The smallest absolute Gasteiger partial charge is 0.337 e. The first kappa shape index (κ1) is 23.7. The first-order chi connectivity index (χ1) is 17.0. The SMILES string of the molecule is COc1ccccc1[C@@H]1CC(=O)C2=C(C1)NC(C)=C(C(=O)OC1CCCC1)[C@@H]2c1cccc(Cl)c1. The van der Waals surface area contributed by atoms with E-state index in [9.17, 15) is 9.59 Å². The molecule has 0 saturated heterocycles. The monoisotopic (exact) mass is 491 g/mol. The highest BCUT2D eigenvalue weighted by molar-refractivity contribution is 6.30. The van der Waals surface area contributed by atoms with Gasteiger partial charge in [-0.25, -0.2) is 4.79 Å². The molecule has 1 heterocycles. The second-order valence-corrected chi connectivity index (χ2v) is 10.1. The molecule has 2 atom stereocenters. The Morgan fingerprint density at radius 3 is 2.57 bits per heavy atom. The summed E-state index contributed by atoms with van der Waals surface area (Å²) in [5.41, 5.74) is 4.57. The van der Waals surface area contributed by atoms with Gasteiger partial charge in [0.2, 0.25) is 0 Å². The van der Waals surface area contributed by atoms with Crippen LogP contribution in [0.25, 0.3) is 0 Å². The van der Waals surface area contributed by atoms with E-state index in [0.29, 0.717) is 29.0 Å². The Hall–Kier alpha value is -3.05. The maximum absolute atomic E-state index is 13.8. The van der Waals surface area contributed by atoms with E-state index in [1.54, 1.807) is 13.2 Å². The van der Waals surface area contributed by atoms with Gasteiger partial charge in [-0.05, 0) is 68.4 Å². The lowest BCUT2D eigenvalue weighted by Gasteiger charge is -2.37. The lowest BCUT2D eigenvalue weighted by molar-refractivity contribution is -0.144. The minimum atomic E-state index is -0.509. The summed E-state index contributed by atoms with van der Waals surface area (Å²) in [5.74, 6) is -0.0595. The number of methoxy groups -OCH3 is 1. The first-order valence-corrected chi connectivity index (χ1v) is 12.7. The van der Waals surface area contributed by atoms with Gasteiger partial charge < -0.3 is 14.8 Å². The Bertz CT molecular complexity index is 1220. The van der Waals surface area contributed by atoms with E-state index in [1.165, 1.54) is 0 Å². The van der Waals surface area contributed by atoms with Crippen LogP contribution in [0.2, 0.25) is 5.02 Å². The van der Waals surface area contributed by atoms with Crippen molar-refractivity contribution in [2.24, 2.45) is 0 Å². The van der Waals surface area contributed by atoms with Crippen LogP contribution in [0.4, 0.5) is 0 Å². The van der Waals surface area contributed by atoms with Crippen LogP contribution >= 0.6 is 11.6 Å². The molecule has 1 saturated carbocycles. The number of para-hydroxylation sites is 1. The zero-order valence-corrected chi connectivity index (χ0v) is 20.9. The van der Waals surface area contributed by atoms with Gasteiger partial charge >= 0.3 is 5.97 Å². The maximum atomic E-state index is 13.8. The quantitative estimate of drug-likeness (QED) is 0.505. The van der Waals surface area contributed by atoms with E-state index in [2.05, 4.69) is 5.32 Å². The second-order valence-electron chi connectivity index (χ2n) is 9.63. The Kier molecular flexibility index (Phi) is 6.70. The van der Waals surface area contributed by atoms with Gasteiger partial charge in [-0.1, -0.05) is 41.9 Å². The average Bonchev–Trinajstić information content (AvgIpc) is 3.36. The number of benzene rings is 2. The summed E-state index contributed by atoms with van der Waals surface area (Å²) in [6, 6.07) is 15.3. The summed E-state index contributed by atoms with van der Waals surface area (Å²) in [6.45, 7) is 1.89. The van der Waals surface area contributed by atoms with E-state index in [4.69, 9.17) is 21.1 Å². The number of carbonyl (C=O) groups excluding carboxylic acids is 2. The van der Waals surface area contributed by atoms with Gasteiger partial charge in [-0.2, -0.15) is 0 Å². The van der Waals surface area contributed by atoms with Crippen molar-refractivity contribution in [2.45, 2.75) is 63.4 Å². The van der Waals surface area contributed by atoms with Crippen LogP contribution in [0.5, 0.6) is 5.75 Å². The van der Waals surface area contributed by atoms with Crippen molar-refractivity contribution in [1.82, 2.24) is 5.32 Å². The predicted octanol–water partition coefficient (Wildman–Crippen LogP) is 6.20. The molecule has 182 valence electrons. The molecule has 3 aliphatic rings. The molecule has 2 aromatic rings. The minimum absolute atomic E-state index is 0.00954. The van der Waals surface area contributed by atoms with E-state index in [0.717, 1.165) is 54.0 Å². The number of Topliss-reactive ketones (excluding diaryl/α,β-unsaturated/α-hetero) is 1. The fourth-order valence-corrected chi connectivity index (χ4v) is 5.97. The van der Waals surface area contributed by atoms with Crippen molar-refractivity contribution in [2.75, 3.05) is 7.11 Å². The van der Waals surface area contributed by atoms with Crippen molar-refractivity contribution >= 4 is 23.4 Å². The molecule has 5 rings (SSSR count). The summed E-state index contributed by atoms with van der Waals surface area (Å²) >= 11 is 6.35. The third kappa shape index (κ3) is 4.62. The number of hydrogen-bond donors (Lipinski definition) is 1. The highest BCUT2D eigenvalue weighted by Gasteiger charge is 2.42. The molecule has 1 aliphatic heterocycles. The molecule has 1 fully saturated rings. The number of ether oxygens (including phenoxy) is 2. The van der Waals surface area contributed by atoms with Crippen LogP contribution < -0.4 is 10.1 Å². The number of nitrogens with one attached hydrogen (secondary N) is 1. The molecule has 5 nitrogen and oxygen atoms in total. The molecular weight excluding hydrogens is 462 g/mol. The Labute approximate surface area is 211 Å². The lowest BCUT2D eigenvalue weighted by Crippen LogP contribution is -2.36. The number of esters is 1. The molecule has 1 N–H and O–H groups in total. The summed E-state index contributed by atoms with van der Waals surface area (Å²) in [4.78, 5) is 27.2. The third-order valence-corrected chi connectivity index (χ3v) is 7.62. The van der Waals surface area contributed by atoms with Crippen molar-refractivity contribution in [3.05, 3.63) is 87.2 Å². The fourth-order valence-electron chi connectivity index (χ4n) is 5.77. The largest absolute Gasteiger partial charge is 0.496 e. The summed E-state index contributed by atoms with van der Waals surface area (Å²) in [7, 11) is 1.65. The van der Waals surface area contributed by atoms with Crippen LogP contribution in [0.15, 0.2) is 71.1 Å². The lowest BCUT2D eigenvalue weighted by atomic mass is 9.71. The van der Waals surface area contributed by atoms with Gasteiger partial charge in [0.1, 0.15) is 11.9 Å².